The van der Waals surface area contributed by atoms with Gasteiger partial charge in [0.25, 0.3) is 0 Å². The lowest BCUT2D eigenvalue weighted by atomic mass is 10.1. The Hall–Kier alpha value is -0.890. The van der Waals surface area contributed by atoms with Crippen LogP contribution in [-0.2, 0) is 6.42 Å². The van der Waals surface area contributed by atoms with Gasteiger partial charge in [0.15, 0.2) is 0 Å². The Balaban J connectivity index is 2.53. The molecule has 2 rings (SSSR count). The van der Waals surface area contributed by atoms with E-state index in [1.165, 1.54) is 0 Å². The van der Waals surface area contributed by atoms with Crippen LogP contribution >= 0.6 is 11.6 Å². The van der Waals surface area contributed by atoms with Gasteiger partial charge in [-0.2, -0.15) is 0 Å². The predicted molar refractivity (Wildman–Crippen MR) is 49.7 cm³/mol. The van der Waals surface area contributed by atoms with Crippen LogP contribution in [-0.4, -0.2) is 6.61 Å². The van der Waals surface area contributed by atoms with Gasteiger partial charge in [0.2, 0.25) is 0 Å². The van der Waals surface area contributed by atoms with Gasteiger partial charge in [0.1, 0.15) is 5.75 Å². The van der Waals surface area contributed by atoms with Crippen molar-refractivity contribution in [3.8, 4) is 5.75 Å². The number of aryl methyl sites for hydroxylation is 1. The van der Waals surface area contributed by atoms with Gasteiger partial charge in [0, 0.05) is 5.02 Å². The van der Waals surface area contributed by atoms with Crippen LogP contribution in [0.25, 0.3) is 0 Å². The standard InChI is InChI=1S/C9H10ClNO/c10-7-4-6-2-1-3-12-9(6)8(11)5-7/h4-5H,1-3,11H2. The summed E-state index contributed by atoms with van der Waals surface area (Å²) in [6, 6.07) is 3.65. The number of fused-ring (bicyclic) bond motifs is 1. The highest BCUT2D eigenvalue weighted by molar-refractivity contribution is 6.31. The largest absolute Gasteiger partial charge is 0.491 e. The van der Waals surface area contributed by atoms with Gasteiger partial charge in [-0.1, -0.05) is 11.6 Å². The third-order valence-electron chi connectivity index (χ3n) is 2.00. The number of anilines is 1. The van der Waals surface area contributed by atoms with Gasteiger partial charge in [-0.15, -0.1) is 0 Å². The van der Waals surface area contributed by atoms with E-state index in [1.807, 2.05) is 6.07 Å². The third kappa shape index (κ3) is 1.23. The summed E-state index contributed by atoms with van der Waals surface area (Å²) < 4.78 is 5.43. The van der Waals surface area contributed by atoms with E-state index < -0.39 is 0 Å². The van der Waals surface area contributed by atoms with E-state index in [0.29, 0.717) is 10.7 Å². The summed E-state index contributed by atoms with van der Waals surface area (Å²) in [6.45, 7) is 0.763. The fourth-order valence-electron chi connectivity index (χ4n) is 1.47. The van der Waals surface area contributed by atoms with Crippen molar-refractivity contribution < 1.29 is 4.74 Å². The Kier molecular flexibility index (Phi) is 1.85. The van der Waals surface area contributed by atoms with Crippen molar-refractivity contribution in [3.63, 3.8) is 0 Å². The number of nitrogen functional groups attached to an aromatic ring is 1. The first kappa shape index (κ1) is 7.74. The Morgan fingerprint density at radius 2 is 2.25 bits per heavy atom. The summed E-state index contributed by atoms with van der Waals surface area (Å²) in [6.07, 6.45) is 2.06. The Labute approximate surface area is 76.3 Å². The maximum atomic E-state index is 5.85. The number of hydrogen-bond donors (Lipinski definition) is 1. The molecule has 1 aromatic carbocycles. The van der Waals surface area contributed by atoms with Gasteiger partial charge >= 0.3 is 0 Å². The highest BCUT2D eigenvalue weighted by Gasteiger charge is 2.13. The smallest absolute Gasteiger partial charge is 0.145 e. The minimum atomic E-state index is 0.650. The average Bonchev–Trinajstić information content (AvgIpc) is 2.04. The van der Waals surface area contributed by atoms with Crippen LogP contribution in [0.1, 0.15) is 12.0 Å². The van der Waals surface area contributed by atoms with Crippen LogP contribution in [0.5, 0.6) is 5.75 Å². The normalized spacial score (nSPS) is 15.1. The summed E-state index contributed by atoms with van der Waals surface area (Å²) in [7, 11) is 0. The van der Waals surface area contributed by atoms with Crippen molar-refractivity contribution in [2.75, 3.05) is 12.3 Å². The molecule has 0 atom stereocenters. The first-order valence-corrected chi connectivity index (χ1v) is 4.36. The van der Waals surface area contributed by atoms with E-state index in [2.05, 4.69) is 0 Å². The van der Waals surface area contributed by atoms with E-state index in [0.717, 1.165) is 30.8 Å². The molecule has 2 nitrogen and oxygen atoms in total. The number of ether oxygens (including phenoxy) is 1. The van der Waals surface area contributed by atoms with Crippen LogP contribution in [0.2, 0.25) is 5.02 Å². The van der Waals surface area contributed by atoms with Crippen LogP contribution in [0.3, 0.4) is 0 Å². The first-order chi connectivity index (χ1) is 5.77. The molecule has 0 radical (unpaired) electrons. The number of halogens is 1. The molecule has 12 heavy (non-hydrogen) atoms. The zero-order chi connectivity index (χ0) is 8.55. The van der Waals surface area contributed by atoms with Gasteiger partial charge in [-0.05, 0) is 30.5 Å². The molecule has 64 valence electrons. The first-order valence-electron chi connectivity index (χ1n) is 3.98. The SMILES string of the molecule is Nc1cc(Cl)cc2c1OCCC2. The number of nitrogens with two attached hydrogens (primary N) is 1. The number of benzene rings is 1. The summed E-state index contributed by atoms with van der Waals surface area (Å²) >= 11 is 5.85. The molecule has 1 heterocycles. The number of hydrogen-bond acceptors (Lipinski definition) is 2. The van der Waals surface area contributed by atoms with Gasteiger partial charge < -0.3 is 10.5 Å². The molecule has 1 aromatic rings. The molecular weight excluding hydrogens is 174 g/mol. The van der Waals surface area contributed by atoms with E-state index in [-0.39, 0.29) is 0 Å². The molecular formula is C9H10ClNO. The van der Waals surface area contributed by atoms with Crippen LogP contribution in [0.15, 0.2) is 12.1 Å². The van der Waals surface area contributed by atoms with Gasteiger partial charge in [-0.25, -0.2) is 0 Å². The van der Waals surface area contributed by atoms with Crippen LogP contribution in [0.4, 0.5) is 5.69 Å². The molecule has 0 fully saturated rings. The molecule has 0 aromatic heterocycles. The van der Waals surface area contributed by atoms with Crippen molar-refractivity contribution in [2.24, 2.45) is 0 Å². The van der Waals surface area contributed by atoms with Crippen molar-refractivity contribution in [1.29, 1.82) is 0 Å². The molecule has 0 saturated carbocycles. The molecule has 0 spiro atoms. The Morgan fingerprint density at radius 3 is 3.08 bits per heavy atom. The quantitative estimate of drug-likeness (QED) is 0.627. The lowest BCUT2D eigenvalue weighted by Gasteiger charge is -2.18. The lowest BCUT2D eigenvalue weighted by Crippen LogP contribution is -2.10. The van der Waals surface area contributed by atoms with Crippen LogP contribution in [0, 0.1) is 0 Å². The second kappa shape index (κ2) is 2.87. The molecule has 1 aliphatic heterocycles. The van der Waals surface area contributed by atoms with Crippen LogP contribution < -0.4 is 10.5 Å². The lowest BCUT2D eigenvalue weighted by molar-refractivity contribution is 0.290. The van der Waals surface area contributed by atoms with Crippen molar-refractivity contribution in [3.05, 3.63) is 22.7 Å². The fraction of sp³-hybridized carbons (Fsp3) is 0.333. The zero-order valence-electron chi connectivity index (χ0n) is 6.64. The Morgan fingerprint density at radius 1 is 1.42 bits per heavy atom. The maximum absolute atomic E-state index is 5.85. The maximum Gasteiger partial charge on any atom is 0.145 e. The summed E-state index contributed by atoms with van der Waals surface area (Å²) in [5, 5.41) is 0.691. The Bertz CT molecular complexity index is 312. The third-order valence-corrected chi connectivity index (χ3v) is 2.21. The topological polar surface area (TPSA) is 35.2 Å². The average molecular weight is 184 g/mol. The molecule has 0 unspecified atom stereocenters. The number of rotatable bonds is 0. The van der Waals surface area contributed by atoms with E-state index in [4.69, 9.17) is 22.1 Å². The molecule has 0 aliphatic carbocycles. The predicted octanol–water partition coefficient (Wildman–Crippen LogP) is 2.25. The minimum Gasteiger partial charge on any atom is -0.491 e. The van der Waals surface area contributed by atoms with E-state index in [9.17, 15) is 0 Å². The monoisotopic (exact) mass is 183 g/mol. The summed E-state index contributed by atoms with van der Waals surface area (Å²) in [5.41, 5.74) is 7.51. The zero-order valence-corrected chi connectivity index (χ0v) is 7.40. The van der Waals surface area contributed by atoms with Gasteiger partial charge in [-0.3, -0.25) is 0 Å². The second-order valence-corrected chi connectivity index (χ2v) is 3.37. The van der Waals surface area contributed by atoms with E-state index in [1.54, 1.807) is 6.07 Å². The molecule has 0 amide bonds. The van der Waals surface area contributed by atoms with E-state index >= 15 is 0 Å². The molecule has 3 heteroatoms. The molecule has 0 saturated heterocycles. The summed E-state index contributed by atoms with van der Waals surface area (Å²) in [5.74, 6) is 0.825. The highest BCUT2D eigenvalue weighted by atomic mass is 35.5. The molecule has 0 bridgehead atoms. The second-order valence-electron chi connectivity index (χ2n) is 2.94. The van der Waals surface area contributed by atoms with Gasteiger partial charge in [0.05, 0.1) is 12.3 Å². The molecule has 2 N–H and O–H groups in total. The summed E-state index contributed by atoms with van der Waals surface area (Å²) in [4.78, 5) is 0. The van der Waals surface area contributed by atoms with Crippen molar-refractivity contribution in [2.45, 2.75) is 12.8 Å². The molecule has 1 aliphatic rings. The highest BCUT2D eigenvalue weighted by Crippen LogP contribution is 2.33. The van der Waals surface area contributed by atoms with Crippen molar-refractivity contribution >= 4 is 17.3 Å². The fourth-order valence-corrected chi connectivity index (χ4v) is 1.72. The van der Waals surface area contributed by atoms with Crippen molar-refractivity contribution in [1.82, 2.24) is 0 Å². The minimum absolute atomic E-state index is 0.650.